The molecule has 1 aliphatic heterocycles. The first kappa shape index (κ1) is 24.8. The number of nitrogens with one attached hydrogen (secondary N) is 1. The summed E-state index contributed by atoms with van der Waals surface area (Å²) in [6.45, 7) is 3.46. The van der Waals surface area contributed by atoms with Gasteiger partial charge in [0.05, 0.1) is 17.4 Å². The smallest absolute Gasteiger partial charge is 0.321 e. The van der Waals surface area contributed by atoms with Crippen molar-refractivity contribution in [1.29, 1.82) is 0 Å². The molecule has 0 radical (unpaired) electrons. The molecular formula is C29H39N5O2. The summed E-state index contributed by atoms with van der Waals surface area (Å²) in [5.41, 5.74) is 2.78. The zero-order valence-corrected chi connectivity index (χ0v) is 21.9. The first-order valence-electron chi connectivity index (χ1n) is 13.3. The van der Waals surface area contributed by atoms with Gasteiger partial charge in [-0.3, -0.25) is 14.7 Å². The molecule has 1 saturated heterocycles. The summed E-state index contributed by atoms with van der Waals surface area (Å²) in [6.07, 6.45) is 10.9. The second-order valence-electron chi connectivity index (χ2n) is 11.3. The molecule has 1 aromatic carbocycles. The quantitative estimate of drug-likeness (QED) is 0.615. The SMILES string of the molecule is Cc1ccncc1NC(=O)CN1C[C@]2(CC[C@](c3ccccc3)(N(C)C)CC2)N(CC2CCC2)C1=O. The van der Waals surface area contributed by atoms with E-state index < -0.39 is 0 Å². The van der Waals surface area contributed by atoms with E-state index in [-0.39, 0.29) is 29.6 Å². The number of aromatic nitrogens is 1. The second-order valence-corrected chi connectivity index (χ2v) is 11.3. The Morgan fingerprint density at radius 3 is 2.44 bits per heavy atom. The van der Waals surface area contributed by atoms with Crippen molar-refractivity contribution in [3.8, 4) is 0 Å². The van der Waals surface area contributed by atoms with Crippen molar-refractivity contribution in [2.75, 3.05) is 39.0 Å². The second kappa shape index (κ2) is 9.85. The maximum atomic E-state index is 13.7. The lowest BCUT2D eigenvalue weighted by Gasteiger charge is -2.51. The van der Waals surface area contributed by atoms with Crippen LogP contribution in [-0.2, 0) is 10.3 Å². The highest BCUT2D eigenvalue weighted by atomic mass is 16.2. The van der Waals surface area contributed by atoms with Crippen molar-refractivity contribution >= 4 is 17.6 Å². The van der Waals surface area contributed by atoms with Crippen LogP contribution in [0.15, 0.2) is 48.8 Å². The summed E-state index contributed by atoms with van der Waals surface area (Å²) >= 11 is 0. The third-order valence-electron chi connectivity index (χ3n) is 9.05. The van der Waals surface area contributed by atoms with Gasteiger partial charge in [-0.25, -0.2) is 4.79 Å². The van der Waals surface area contributed by atoms with Crippen molar-refractivity contribution in [1.82, 2.24) is 19.7 Å². The number of benzene rings is 1. The fourth-order valence-electron chi connectivity index (χ4n) is 6.47. The van der Waals surface area contributed by atoms with Gasteiger partial charge in [0.15, 0.2) is 0 Å². The number of amides is 3. The lowest BCUT2D eigenvalue weighted by Crippen LogP contribution is -2.56. The summed E-state index contributed by atoms with van der Waals surface area (Å²) < 4.78 is 0. The number of carbonyl (C=O) groups excluding carboxylic acids is 2. The van der Waals surface area contributed by atoms with Gasteiger partial charge in [0, 0.05) is 24.8 Å². The van der Waals surface area contributed by atoms with Gasteiger partial charge >= 0.3 is 6.03 Å². The summed E-state index contributed by atoms with van der Waals surface area (Å²) in [5, 5.41) is 2.96. The first-order chi connectivity index (χ1) is 17.3. The Labute approximate surface area is 214 Å². The highest BCUT2D eigenvalue weighted by molar-refractivity contribution is 5.95. The molecule has 192 valence electrons. The Kier molecular flexibility index (Phi) is 6.77. The number of pyridine rings is 1. The summed E-state index contributed by atoms with van der Waals surface area (Å²) in [5.74, 6) is 0.426. The van der Waals surface area contributed by atoms with Gasteiger partial charge in [-0.2, -0.15) is 0 Å². The highest BCUT2D eigenvalue weighted by Gasteiger charge is 2.55. The summed E-state index contributed by atoms with van der Waals surface area (Å²) in [6, 6.07) is 12.7. The lowest BCUT2D eigenvalue weighted by molar-refractivity contribution is -0.116. The van der Waals surface area contributed by atoms with Crippen LogP contribution in [-0.4, -0.2) is 70.9 Å². The molecule has 2 heterocycles. The number of anilines is 1. The van der Waals surface area contributed by atoms with Crippen LogP contribution in [0, 0.1) is 12.8 Å². The Hall–Kier alpha value is -2.93. The third kappa shape index (κ3) is 4.49. The molecule has 0 bridgehead atoms. The topological polar surface area (TPSA) is 68.8 Å². The van der Waals surface area contributed by atoms with Crippen LogP contribution in [0.5, 0.6) is 0 Å². The van der Waals surface area contributed by atoms with Crippen molar-refractivity contribution in [3.05, 3.63) is 59.9 Å². The molecule has 2 aromatic rings. The van der Waals surface area contributed by atoms with Gasteiger partial charge in [-0.15, -0.1) is 0 Å². The van der Waals surface area contributed by atoms with Crippen LogP contribution in [0.25, 0.3) is 0 Å². The number of carbonyl (C=O) groups is 2. The van der Waals surface area contributed by atoms with Gasteiger partial charge in [0.1, 0.15) is 6.54 Å². The molecule has 1 aromatic heterocycles. The number of hydrogen-bond donors (Lipinski definition) is 1. The molecule has 5 rings (SSSR count). The minimum atomic E-state index is -0.203. The van der Waals surface area contributed by atoms with Gasteiger partial charge in [0.2, 0.25) is 5.91 Å². The Bertz CT molecular complexity index is 1090. The van der Waals surface area contributed by atoms with Crippen molar-refractivity contribution < 1.29 is 9.59 Å². The first-order valence-corrected chi connectivity index (χ1v) is 13.3. The van der Waals surface area contributed by atoms with Gasteiger partial charge in [-0.05, 0) is 82.7 Å². The minimum absolute atomic E-state index is 0.0250. The minimum Gasteiger partial charge on any atom is -0.323 e. The molecule has 2 saturated carbocycles. The number of rotatable bonds is 7. The van der Waals surface area contributed by atoms with E-state index in [1.54, 1.807) is 17.3 Å². The Morgan fingerprint density at radius 2 is 1.83 bits per heavy atom. The summed E-state index contributed by atoms with van der Waals surface area (Å²) in [7, 11) is 4.35. The summed E-state index contributed by atoms with van der Waals surface area (Å²) in [4.78, 5) is 37.1. The fraction of sp³-hybridized carbons (Fsp3) is 0.552. The normalized spacial score (nSPS) is 26.5. The van der Waals surface area contributed by atoms with Crippen LogP contribution in [0.3, 0.4) is 0 Å². The van der Waals surface area contributed by atoms with E-state index in [0.717, 1.165) is 37.8 Å². The van der Waals surface area contributed by atoms with E-state index in [4.69, 9.17) is 0 Å². The van der Waals surface area contributed by atoms with Crippen LogP contribution in [0.4, 0.5) is 10.5 Å². The van der Waals surface area contributed by atoms with Crippen LogP contribution >= 0.6 is 0 Å². The largest absolute Gasteiger partial charge is 0.323 e. The van der Waals surface area contributed by atoms with Gasteiger partial charge in [0.25, 0.3) is 0 Å². The molecule has 0 unspecified atom stereocenters. The molecule has 3 aliphatic rings. The van der Waals surface area contributed by atoms with E-state index in [2.05, 4.69) is 64.5 Å². The number of aryl methyl sites for hydroxylation is 1. The monoisotopic (exact) mass is 489 g/mol. The van der Waals surface area contributed by atoms with E-state index in [0.29, 0.717) is 18.2 Å². The third-order valence-corrected chi connectivity index (χ3v) is 9.05. The maximum absolute atomic E-state index is 13.7. The Balaban J connectivity index is 1.35. The van der Waals surface area contributed by atoms with Crippen molar-refractivity contribution in [2.45, 2.75) is 62.9 Å². The zero-order chi connectivity index (χ0) is 25.3. The molecule has 7 heteroatoms. The van der Waals surface area contributed by atoms with E-state index >= 15 is 0 Å². The zero-order valence-electron chi connectivity index (χ0n) is 21.9. The molecule has 7 nitrogen and oxygen atoms in total. The van der Waals surface area contributed by atoms with E-state index in [9.17, 15) is 9.59 Å². The van der Waals surface area contributed by atoms with Gasteiger partial charge in [-0.1, -0.05) is 36.8 Å². The van der Waals surface area contributed by atoms with Crippen molar-refractivity contribution in [3.63, 3.8) is 0 Å². The molecule has 2 aliphatic carbocycles. The molecule has 1 N–H and O–H groups in total. The molecule has 36 heavy (non-hydrogen) atoms. The standard InChI is InChI=1S/C29H39N5O2/c1-22-12-17-30-18-25(22)31-26(35)20-33-21-28(34(27(33)36)19-23-8-7-9-23)13-15-29(16-14-28,32(2)3)24-10-5-4-6-11-24/h4-6,10-12,17-18,23H,7-9,13-16,19-21H2,1-3H3,(H,31,35)/t28-,29+. The molecule has 3 fully saturated rings. The van der Waals surface area contributed by atoms with Crippen LogP contribution < -0.4 is 5.32 Å². The predicted molar refractivity (Wildman–Crippen MR) is 142 cm³/mol. The molecular weight excluding hydrogens is 450 g/mol. The molecule has 1 spiro atoms. The average Bonchev–Trinajstić information content (AvgIpc) is 3.08. The molecule has 0 atom stereocenters. The van der Waals surface area contributed by atoms with E-state index in [1.165, 1.54) is 24.8 Å². The maximum Gasteiger partial charge on any atom is 0.321 e. The van der Waals surface area contributed by atoms with Crippen molar-refractivity contribution in [2.24, 2.45) is 5.92 Å². The predicted octanol–water partition coefficient (Wildman–Crippen LogP) is 4.64. The lowest BCUT2D eigenvalue weighted by atomic mass is 9.68. The highest BCUT2D eigenvalue weighted by Crippen LogP contribution is 2.49. The Morgan fingerprint density at radius 1 is 1.11 bits per heavy atom. The fourth-order valence-corrected chi connectivity index (χ4v) is 6.47. The number of hydrogen-bond acceptors (Lipinski definition) is 4. The van der Waals surface area contributed by atoms with E-state index in [1.807, 2.05) is 13.0 Å². The number of urea groups is 1. The molecule has 3 amide bonds. The van der Waals surface area contributed by atoms with Crippen LogP contribution in [0.2, 0.25) is 0 Å². The number of nitrogens with zero attached hydrogens (tertiary/aromatic N) is 4. The van der Waals surface area contributed by atoms with Gasteiger partial charge < -0.3 is 15.1 Å². The average molecular weight is 490 g/mol. The van der Waals surface area contributed by atoms with Crippen LogP contribution in [0.1, 0.15) is 56.1 Å².